The molecule has 0 bridgehead atoms. The minimum atomic E-state index is -0.169. The van der Waals surface area contributed by atoms with E-state index in [0.717, 1.165) is 16.2 Å². The van der Waals surface area contributed by atoms with E-state index in [1.54, 1.807) is 6.20 Å². The number of nitrogens with one attached hydrogen (secondary N) is 1. The Labute approximate surface area is 119 Å². The topological polar surface area (TPSA) is 111 Å². The molecule has 0 aromatic carbocycles. The standard InChI is InChI=1S/C11H14N8S/c1-11(2,3)9-17-18-10(19(9)12)20-8-6-4-15-16-7(6)13-5-14-8/h4-5H,12H2,1-3H3,(H,13,14,15,16). The van der Waals surface area contributed by atoms with Crippen LogP contribution in [0.1, 0.15) is 26.6 Å². The third kappa shape index (κ3) is 2.09. The van der Waals surface area contributed by atoms with Gasteiger partial charge in [0.05, 0.1) is 11.6 Å². The average molecular weight is 290 g/mol. The second-order valence-electron chi connectivity index (χ2n) is 5.34. The van der Waals surface area contributed by atoms with Gasteiger partial charge in [-0.25, -0.2) is 14.6 Å². The normalized spacial score (nSPS) is 12.2. The van der Waals surface area contributed by atoms with Crippen LogP contribution in [0.3, 0.4) is 0 Å². The number of hydrogen-bond acceptors (Lipinski definition) is 7. The predicted octanol–water partition coefficient (Wildman–Crippen LogP) is 1.11. The van der Waals surface area contributed by atoms with Crippen molar-refractivity contribution in [1.82, 2.24) is 35.0 Å². The predicted molar refractivity (Wildman–Crippen MR) is 74.7 cm³/mol. The van der Waals surface area contributed by atoms with Crippen LogP contribution in [0.15, 0.2) is 22.7 Å². The zero-order valence-electron chi connectivity index (χ0n) is 11.3. The molecule has 0 atom stereocenters. The van der Waals surface area contributed by atoms with Crippen molar-refractivity contribution >= 4 is 22.8 Å². The number of nitrogens with zero attached hydrogens (tertiary/aromatic N) is 6. The lowest BCUT2D eigenvalue weighted by molar-refractivity contribution is 0.523. The molecule has 3 rings (SSSR count). The third-order valence-electron chi connectivity index (χ3n) is 2.73. The number of hydrogen-bond donors (Lipinski definition) is 2. The molecule has 3 N–H and O–H groups in total. The van der Waals surface area contributed by atoms with Gasteiger partial charge in [0.2, 0.25) is 5.16 Å². The van der Waals surface area contributed by atoms with E-state index in [1.165, 1.54) is 22.8 Å². The molecule has 0 aliphatic rings. The van der Waals surface area contributed by atoms with E-state index in [4.69, 9.17) is 5.84 Å². The molecule has 20 heavy (non-hydrogen) atoms. The molecule has 3 heterocycles. The average Bonchev–Trinajstić information content (AvgIpc) is 2.96. The van der Waals surface area contributed by atoms with Crippen molar-refractivity contribution in [2.75, 3.05) is 5.84 Å². The Morgan fingerprint density at radius 1 is 1.25 bits per heavy atom. The Hall–Kier alpha value is -2.16. The molecule has 0 aliphatic carbocycles. The lowest BCUT2D eigenvalue weighted by atomic mass is 9.96. The van der Waals surface area contributed by atoms with Crippen molar-refractivity contribution in [3.8, 4) is 0 Å². The van der Waals surface area contributed by atoms with Crippen LogP contribution in [-0.4, -0.2) is 35.0 Å². The maximum absolute atomic E-state index is 6.06. The molecule has 0 amide bonds. The first-order valence-electron chi connectivity index (χ1n) is 5.99. The summed E-state index contributed by atoms with van der Waals surface area (Å²) in [6, 6.07) is 0. The molecule has 3 aromatic heterocycles. The highest BCUT2D eigenvalue weighted by Gasteiger charge is 2.23. The summed E-state index contributed by atoms with van der Waals surface area (Å²) in [6.45, 7) is 6.11. The fourth-order valence-electron chi connectivity index (χ4n) is 1.77. The van der Waals surface area contributed by atoms with Gasteiger partial charge in [0.1, 0.15) is 11.4 Å². The van der Waals surface area contributed by atoms with Crippen LogP contribution < -0.4 is 5.84 Å². The molecule has 104 valence electrons. The number of aromatic amines is 1. The van der Waals surface area contributed by atoms with Crippen molar-refractivity contribution in [2.45, 2.75) is 36.4 Å². The van der Waals surface area contributed by atoms with Crippen molar-refractivity contribution in [2.24, 2.45) is 0 Å². The first-order chi connectivity index (χ1) is 9.47. The van der Waals surface area contributed by atoms with Gasteiger partial charge in [-0.2, -0.15) is 5.10 Å². The molecule has 3 aromatic rings. The van der Waals surface area contributed by atoms with Gasteiger partial charge in [0.25, 0.3) is 0 Å². The highest BCUT2D eigenvalue weighted by Crippen LogP contribution is 2.30. The number of aromatic nitrogens is 7. The summed E-state index contributed by atoms with van der Waals surface area (Å²) in [5.74, 6) is 6.78. The SMILES string of the molecule is CC(C)(C)c1nnc(Sc2ncnc3[nH]ncc23)n1N. The minimum Gasteiger partial charge on any atom is -0.336 e. The highest BCUT2D eigenvalue weighted by molar-refractivity contribution is 7.99. The van der Waals surface area contributed by atoms with Gasteiger partial charge in [0.15, 0.2) is 11.5 Å². The second-order valence-corrected chi connectivity index (χ2v) is 6.30. The van der Waals surface area contributed by atoms with Crippen molar-refractivity contribution in [3.63, 3.8) is 0 Å². The maximum atomic E-state index is 6.06. The van der Waals surface area contributed by atoms with Crippen LogP contribution in [0.25, 0.3) is 11.0 Å². The van der Waals surface area contributed by atoms with E-state index >= 15 is 0 Å². The lowest BCUT2D eigenvalue weighted by Gasteiger charge is -2.16. The van der Waals surface area contributed by atoms with E-state index in [0.29, 0.717) is 10.8 Å². The van der Waals surface area contributed by atoms with Gasteiger partial charge >= 0.3 is 0 Å². The van der Waals surface area contributed by atoms with E-state index in [2.05, 4.69) is 30.4 Å². The maximum Gasteiger partial charge on any atom is 0.216 e. The Bertz CT molecular complexity index is 753. The Balaban J connectivity index is 2.00. The van der Waals surface area contributed by atoms with Crippen LogP contribution in [0.5, 0.6) is 0 Å². The van der Waals surface area contributed by atoms with Crippen LogP contribution in [0, 0.1) is 0 Å². The summed E-state index contributed by atoms with van der Waals surface area (Å²) in [7, 11) is 0. The Morgan fingerprint density at radius 2 is 2.05 bits per heavy atom. The first-order valence-corrected chi connectivity index (χ1v) is 6.81. The fourth-order valence-corrected chi connectivity index (χ4v) is 2.57. The fraction of sp³-hybridized carbons (Fsp3) is 0.364. The lowest BCUT2D eigenvalue weighted by Crippen LogP contribution is -2.24. The molecule has 9 heteroatoms. The van der Waals surface area contributed by atoms with Crippen LogP contribution in [0.2, 0.25) is 0 Å². The van der Waals surface area contributed by atoms with Crippen molar-refractivity contribution < 1.29 is 0 Å². The molecule has 0 saturated carbocycles. The van der Waals surface area contributed by atoms with Gasteiger partial charge in [-0.05, 0) is 11.8 Å². The Morgan fingerprint density at radius 3 is 2.75 bits per heavy atom. The number of nitrogen functional groups attached to an aromatic ring is 1. The summed E-state index contributed by atoms with van der Waals surface area (Å²) in [5, 5.41) is 17.2. The molecule has 0 aliphatic heterocycles. The minimum absolute atomic E-state index is 0.169. The van der Waals surface area contributed by atoms with Crippen molar-refractivity contribution in [1.29, 1.82) is 0 Å². The summed E-state index contributed by atoms with van der Waals surface area (Å²) in [6.07, 6.45) is 3.16. The summed E-state index contributed by atoms with van der Waals surface area (Å²) in [4.78, 5) is 8.34. The largest absolute Gasteiger partial charge is 0.336 e. The zero-order valence-corrected chi connectivity index (χ0v) is 12.1. The van der Waals surface area contributed by atoms with E-state index in [9.17, 15) is 0 Å². The van der Waals surface area contributed by atoms with Crippen LogP contribution in [0.4, 0.5) is 0 Å². The number of rotatable bonds is 2. The molecule has 0 fully saturated rings. The monoisotopic (exact) mass is 290 g/mol. The summed E-state index contributed by atoms with van der Waals surface area (Å²) >= 11 is 1.34. The molecular weight excluding hydrogens is 276 g/mol. The molecule has 8 nitrogen and oxygen atoms in total. The van der Waals surface area contributed by atoms with Crippen LogP contribution >= 0.6 is 11.8 Å². The number of nitrogens with two attached hydrogens (primary N) is 1. The summed E-state index contributed by atoms with van der Waals surface area (Å²) < 4.78 is 1.50. The summed E-state index contributed by atoms with van der Waals surface area (Å²) in [5.41, 5.74) is 0.513. The molecule has 0 unspecified atom stereocenters. The molecular formula is C11H14N8S. The van der Waals surface area contributed by atoms with E-state index in [1.807, 2.05) is 20.8 Å². The number of H-pyrrole nitrogens is 1. The molecule has 0 radical (unpaired) electrons. The van der Waals surface area contributed by atoms with Gasteiger partial charge < -0.3 is 5.84 Å². The third-order valence-corrected chi connectivity index (χ3v) is 3.71. The van der Waals surface area contributed by atoms with Crippen molar-refractivity contribution in [3.05, 3.63) is 18.3 Å². The van der Waals surface area contributed by atoms with Crippen LogP contribution in [-0.2, 0) is 5.41 Å². The Kier molecular flexibility index (Phi) is 2.85. The first kappa shape index (κ1) is 12.9. The zero-order chi connectivity index (χ0) is 14.3. The van der Waals surface area contributed by atoms with Gasteiger partial charge in [-0.1, -0.05) is 20.8 Å². The van der Waals surface area contributed by atoms with Gasteiger partial charge in [0, 0.05) is 5.41 Å². The molecule has 0 spiro atoms. The quantitative estimate of drug-likeness (QED) is 0.537. The second kappa shape index (κ2) is 4.44. The smallest absolute Gasteiger partial charge is 0.216 e. The number of fused-ring (bicyclic) bond motifs is 1. The van der Waals surface area contributed by atoms with Gasteiger partial charge in [-0.15, -0.1) is 10.2 Å². The van der Waals surface area contributed by atoms with E-state index in [-0.39, 0.29) is 5.41 Å². The molecule has 0 saturated heterocycles. The highest BCUT2D eigenvalue weighted by atomic mass is 32.2. The van der Waals surface area contributed by atoms with E-state index < -0.39 is 0 Å². The van der Waals surface area contributed by atoms with Gasteiger partial charge in [-0.3, -0.25) is 5.10 Å².